The van der Waals surface area contributed by atoms with Crippen molar-refractivity contribution < 1.29 is 0 Å². The first kappa shape index (κ1) is 11.3. The summed E-state index contributed by atoms with van der Waals surface area (Å²) in [6, 6.07) is 9.51. The van der Waals surface area contributed by atoms with Crippen LogP contribution in [-0.4, -0.2) is 10.2 Å². The SMILES string of the molecule is Cc1nnc(-c2ccc(C#N)cc2)c(C)c1C. The van der Waals surface area contributed by atoms with Crippen molar-refractivity contribution in [2.45, 2.75) is 20.8 Å². The van der Waals surface area contributed by atoms with Crippen molar-refractivity contribution in [1.82, 2.24) is 10.2 Å². The van der Waals surface area contributed by atoms with Gasteiger partial charge in [0.15, 0.2) is 0 Å². The van der Waals surface area contributed by atoms with E-state index in [0.29, 0.717) is 5.56 Å². The zero-order valence-electron chi connectivity index (χ0n) is 10.2. The van der Waals surface area contributed by atoms with E-state index in [0.717, 1.165) is 22.5 Å². The average molecular weight is 223 g/mol. The zero-order chi connectivity index (χ0) is 12.4. The van der Waals surface area contributed by atoms with Crippen molar-refractivity contribution in [2.24, 2.45) is 0 Å². The molecule has 0 saturated carbocycles. The van der Waals surface area contributed by atoms with E-state index in [4.69, 9.17) is 5.26 Å². The van der Waals surface area contributed by atoms with Gasteiger partial charge in [-0.25, -0.2) is 0 Å². The standard InChI is InChI=1S/C14H13N3/c1-9-10(2)14(17-16-11(9)3)13-6-4-12(8-15)5-7-13/h4-7H,1-3H3. The molecule has 84 valence electrons. The molecule has 2 aromatic rings. The number of hydrogen-bond acceptors (Lipinski definition) is 3. The normalized spacial score (nSPS) is 10.0. The Hall–Kier alpha value is -2.21. The van der Waals surface area contributed by atoms with Gasteiger partial charge in [-0.05, 0) is 44.0 Å². The van der Waals surface area contributed by atoms with Gasteiger partial charge in [-0.1, -0.05) is 12.1 Å². The summed E-state index contributed by atoms with van der Waals surface area (Å²) in [5.74, 6) is 0. The van der Waals surface area contributed by atoms with Crippen molar-refractivity contribution in [2.75, 3.05) is 0 Å². The Labute approximate surface area is 101 Å². The Morgan fingerprint density at radius 2 is 1.59 bits per heavy atom. The summed E-state index contributed by atoms with van der Waals surface area (Å²) in [5.41, 5.74) is 5.80. The van der Waals surface area contributed by atoms with Gasteiger partial charge in [0.05, 0.1) is 23.0 Å². The first-order chi connectivity index (χ1) is 8.13. The fourth-order valence-corrected chi connectivity index (χ4v) is 1.70. The second-order valence-corrected chi connectivity index (χ2v) is 4.07. The van der Waals surface area contributed by atoms with Crippen molar-refractivity contribution >= 4 is 0 Å². The number of rotatable bonds is 1. The molecule has 0 N–H and O–H groups in total. The third-order valence-corrected chi connectivity index (χ3v) is 3.05. The number of aromatic nitrogens is 2. The fourth-order valence-electron chi connectivity index (χ4n) is 1.70. The highest BCUT2D eigenvalue weighted by atomic mass is 15.1. The maximum absolute atomic E-state index is 8.76. The molecular formula is C14H13N3. The molecule has 0 unspecified atom stereocenters. The van der Waals surface area contributed by atoms with Gasteiger partial charge >= 0.3 is 0 Å². The van der Waals surface area contributed by atoms with Gasteiger partial charge in [-0.2, -0.15) is 10.4 Å². The molecule has 0 aliphatic carbocycles. The number of nitriles is 1. The average Bonchev–Trinajstić information content (AvgIpc) is 2.36. The smallest absolute Gasteiger partial charge is 0.0991 e. The summed E-state index contributed by atoms with van der Waals surface area (Å²) >= 11 is 0. The first-order valence-corrected chi connectivity index (χ1v) is 5.44. The minimum atomic E-state index is 0.656. The summed E-state index contributed by atoms with van der Waals surface area (Å²) in [7, 11) is 0. The monoisotopic (exact) mass is 223 g/mol. The lowest BCUT2D eigenvalue weighted by Gasteiger charge is -2.08. The molecule has 1 aromatic carbocycles. The summed E-state index contributed by atoms with van der Waals surface area (Å²) in [6.45, 7) is 6.05. The van der Waals surface area contributed by atoms with Gasteiger partial charge in [0, 0.05) is 5.56 Å². The van der Waals surface area contributed by atoms with Crippen LogP contribution in [-0.2, 0) is 0 Å². The maximum Gasteiger partial charge on any atom is 0.0991 e. The van der Waals surface area contributed by atoms with E-state index < -0.39 is 0 Å². The van der Waals surface area contributed by atoms with Crippen LogP contribution >= 0.6 is 0 Å². The van der Waals surface area contributed by atoms with Crippen LogP contribution in [0, 0.1) is 32.1 Å². The summed E-state index contributed by atoms with van der Waals surface area (Å²) in [5, 5.41) is 17.1. The molecule has 2 rings (SSSR count). The van der Waals surface area contributed by atoms with Crippen LogP contribution in [0.4, 0.5) is 0 Å². The van der Waals surface area contributed by atoms with Crippen LogP contribution in [0.25, 0.3) is 11.3 Å². The first-order valence-electron chi connectivity index (χ1n) is 5.44. The lowest BCUT2D eigenvalue weighted by molar-refractivity contribution is 0.952. The van der Waals surface area contributed by atoms with Gasteiger partial charge in [0.2, 0.25) is 0 Å². The molecule has 0 aliphatic heterocycles. The lowest BCUT2D eigenvalue weighted by Crippen LogP contribution is -1.98. The Kier molecular flexibility index (Phi) is 2.88. The summed E-state index contributed by atoms with van der Waals surface area (Å²) < 4.78 is 0. The summed E-state index contributed by atoms with van der Waals surface area (Å²) in [6.07, 6.45) is 0. The van der Waals surface area contributed by atoms with Gasteiger partial charge in [0.1, 0.15) is 0 Å². The molecule has 0 amide bonds. The quantitative estimate of drug-likeness (QED) is 0.746. The highest BCUT2D eigenvalue weighted by molar-refractivity contribution is 5.64. The van der Waals surface area contributed by atoms with E-state index >= 15 is 0 Å². The third kappa shape index (κ3) is 2.02. The minimum absolute atomic E-state index is 0.656. The van der Waals surface area contributed by atoms with E-state index in [1.165, 1.54) is 5.56 Å². The molecule has 0 spiro atoms. The van der Waals surface area contributed by atoms with Crippen LogP contribution in [0.2, 0.25) is 0 Å². The molecule has 17 heavy (non-hydrogen) atoms. The van der Waals surface area contributed by atoms with Crippen molar-refractivity contribution in [3.63, 3.8) is 0 Å². The molecule has 0 aliphatic rings. The van der Waals surface area contributed by atoms with E-state index in [1.54, 1.807) is 12.1 Å². The van der Waals surface area contributed by atoms with Gasteiger partial charge in [-0.15, -0.1) is 5.10 Å². The largest absolute Gasteiger partial charge is 0.192 e. The molecule has 1 aromatic heterocycles. The Bertz CT molecular complexity index is 592. The second kappa shape index (κ2) is 4.34. The fraction of sp³-hybridized carbons (Fsp3) is 0.214. The van der Waals surface area contributed by atoms with Gasteiger partial charge in [-0.3, -0.25) is 0 Å². The van der Waals surface area contributed by atoms with Gasteiger partial charge in [0.25, 0.3) is 0 Å². The highest BCUT2D eigenvalue weighted by Crippen LogP contribution is 2.23. The van der Waals surface area contributed by atoms with Crippen molar-refractivity contribution in [3.05, 3.63) is 46.6 Å². The Morgan fingerprint density at radius 1 is 0.941 bits per heavy atom. The Balaban J connectivity index is 2.54. The molecular weight excluding hydrogens is 210 g/mol. The van der Waals surface area contributed by atoms with Crippen LogP contribution < -0.4 is 0 Å². The molecule has 0 radical (unpaired) electrons. The molecule has 0 fully saturated rings. The van der Waals surface area contributed by atoms with Gasteiger partial charge < -0.3 is 0 Å². The van der Waals surface area contributed by atoms with Crippen molar-refractivity contribution in [1.29, 1.82) is 5.26 Å². The predicted molar refractivity (Wildman–Crippen MR) is 66.4 cm³/mol. The maximum atomic E-state index is 8.76. The predicted octanol–water partition coefficient (Wildman–Crippen LogP) is 2.94. The lowest BCUT2D eigenvalue weighted by atomic mass is 10.0. The summed E-state index contributed by atoms with van der Waals surface area (Å²) in [4.78, 5) is 0. The number of aryl methyl sites for hydroxylation is 1. The van der Waals surface area contributed by atoms with E-state index in [2.05, 4.69) is 16.3 Å². The molecule has 3 nitrogen and oxygen atoms in total. The second-order valence-electron chi connectivity index (χ2n) is 4.07. The number of nitrogens with zero attached hydrogens (tertiary/aromatic N) is 3. The van der Waals surface area contributed by atoms with Crippen LogP contribution in [0.5, 0.6) is 0 Å². The molecule has 0 atom stereocenters. The highest BCUT2D eigenvalue weighted by Gasteiger charge is 2.08. The van der Waals surface area contributed by atoms with Crippen LogP contribution in [0.3, 0.4) is 0 Å². The number of hydrogen-bond donors (Lipinski definition) is 0. The Morgan fingerprint density at radius 3 is 2.18 bits per heavy atom. The molecule has 0 bridgehead atoms. The van der Waals surface area contributed by atoms with E-state index in [-0.39, 0.29) is 0 Å². The topological polar surface area (TPSA) is 49.6 Å². The van der Waals surface area contributed by atoms with Crippen LogP contribution in [0.1, 0.15) is 22.4 Å². The third-order valence-electron chi connectivity index (χ3n) is 3.05. The minimum Gasteiger partial charge on any atom is -0.192 e. The molecule has 0 saturated heterocycles. The number of benzene rings is 1. The van der Waals surface area contributed by atoms with Crippen molar-refractivity contribution in [3.8, 4) is 17.3 Å². The van der Waals surface area contributed by atoms with E-state index in [1.807, 2.05) is 32.9 Å². The molecule has 3 heteroatoms. The van der Waals surface area contributed by atoms with E-state index in [9.17, 15) is 0 Å². The van der Waals surface area contributed by atoms with Crippen LogP contribution in [0.15, 0.2) is 24.3 Å². The zero-order valence-corrected chi connectivity index (χ0v) is 10.2. The molecule has 1 heterocycles.